The zero-order valence-electron chi connectivity index (χ0n) is 12.4. The smallest absolute Gasteiger partial charge is 0.278 e. The van der Waals surface area contributed by atoms with Crippen LogP contribution in [0.4, 0.5) is 5.69 Å². The summed E-state index contributed by atoms with van der Waals surface area (Å²) in [6.07, 6.45) is 0. The van der Waals surface area contributed by atoms with Crippen molar-refractivity contribution in [3.05, 3.63) is 57.9 Å². The highest BCUT2D eigenvalue weighted by molar-refractivity contribution is 7.11. The van der Waals surface area contributed by atoms with Crippen LogP contribution in [0.2, 0.25) is 0 Å². The van der Waals surface area contributed by atoms with E-state index in [1.807, 2.05) is 48.7 Å². The second-order valence-corrected chi connectivity index (χ2v) is 5.97. The van der Waals surface area contributed by atoms with Gasteiger partial charge in [-0.25, -0.2) is 0 Å². The van der Waals surface area contributed by atoms with Gasteiger partial charge in [-0.3, -0.25) is 14.5 Å². The molecule has 3 rings (SSSR count). The summed E-state index contributed by atoms with van der Waals surface area (Å²) in [5.41, 5.74) is 2.69. The predicted molar refractivity (Wildman–Crippen MR) is 88.4 cm³/mol. The molecule has 0 fully saturated rings. The van der Waals surface area contributed by atoms with Crippen molar-refractivity contribution in [1.29, 1.82) is 0 Å². The topological polar surface area (TPSA) is 49.4 Å². The van der Waals surface area contributed by atoms with Crippen LogP contribution in [-0.2, 0) is 9.59 Å². The Kier molecular flexibility index (Phi) is 3.81. The third kappa shape index (κ3) is 2.33. The van der Waals surface area contributed by atoms with Crippen molar-refractivity contribution >= 4 is 34.4 Å². The molecular weight excluding hydrogens is 296 g/mol. The minimum atomic E-state index is -0.265. The number of para-hydroxylation sites is 1. The molecule has 5 heteroatoms. The highest BCUT2D eigenvalue weighted by atomic mass is 32.1. The molecule has 0 aliphatic carbocycles. The number of anilines is 1. The summed E-state index contributed by atoms with van der Waals surface area (Å²) < 4.78 is 0. The van der Waals surface area contributed by atoms with E-state index in [2.05, 4.69) is 5.32 Å². The lowest BCUT2D eigenvalue weighted by atomic mass is 10.1. The van der Waals surface area contributed by atoms with E-state index >= 15 is 0 Å². The fourth-order valence-corrected chi connectivity index (χ4v) is 3.24. The molecule has 1 N–H and O–H groups in total. The first kappa shape index (κ1) is 14.5. The molecule has 0 saturated carbocycles. The minimum Gasteiger partial charge on any atom is -0.350 e. The fourth-order valence-electron chi connectivity index (χ4n) is 2.48. The lowest BCUT2D eigenvalue weighted by Gasteiger charge is -2.12. The maximum absolute atomic E-state index is 12.6. The SMILES string of the molecule is CCN1C(=O)C(Nc2ccccc2C)=C(c2cccs2)C1=O. The zero-order chi connectivity index (χ0) is 15.7. The van der Waals surface area contributed by atoms with E-state index < -0.39 is 0 Å². The quantitative estimate of drug-likeness (QED) is 0.882. The van der Waals surface area contributed by atoms with Crippen molar-refractivity contribution in [1.82, 2.24) is 4.90 Å². The van der Waals surface area contributed by atoms with Gasteiger partial charge in [0.2, 0.25) is 0 Å². The first-order valence-corrected chi connectivity index (χ1v) is 7.98. The van der Waals surface area contributed by atoms with Gasteiger partial charge in [0.05, 0.1) is 5.57 Å². The lowest BCUT2D eigenvalue weighted by Crippen LogP contribution is -2.32. The number of hydrogen-bond acceptors (Lipinski definition) is 4. The summed E-state index contributed by atoms with van der Waals surface area (Å²) in [6, 6.07) is 11.5. The lowest BCUT2D eigenvalue weighted by molar-refractivity contribution is -0.136. The molecule has 1 aliphatic heterocycles. The van der Waals surface area contributed by atoms with Crippen LogP contribution in [0.5, 0.6) is 0 Å². The second kappa shape index (κ2) is 5.77. The number of imide groups is 1. The average Bonchev–Trinajstić information content (AvgIpc) is 3.09. The first-order chi connectivity index (χ1) is 10.6. The Labute approximate surface area is 133 Å². The maximum Gasteiger partial charge on any atom is 0.278 e. The second-order valence-electron chi connectivity index (χ2n) is 5.02. The minimum absolute atomic E-state index is 0.231. The molecule has 0 atom stereocenters. The maximum atomic E-state index is 12.6. The van der Waals surface area contributed by atoms with Gasteiger partial charge in [-0.1, -0.05) is 24.3 Å². The van der Waals surface area contributed by atoms with Gasteiger partial charge in [0.15, 0.2) is 0 Å². The van der Waals surface area contributed by atoms with Crippen molar-refractivity contribution in [3.63, 3.8) is 0 Å². The number of nitrogens with zero attached hydrogens (tertiary/aromatic N) is 1. The monoisotopic (exact) mass is 312 g/mol. The van der Waals surface area contributed by atoms with Crippen LogP contribution < -0.4 is 5.32 Å². The summed E-state index contributed by atoms with van der Waals surface area (Å²) in [4.78, 5) is 27.2. The predicted octanol–water partition coefficient (Wildman–Crippen LogP) is 3.27. The molecule has 0 unspecified atom stereocenters. The zero-order valence-corrected chi connectivity index (χ0v) is 13.2. The summed E-state index contributed by atoms with van der Waals surface area (Å²) in [5.74, 6) is -0.495. The normalized spacial score (nSPS) is 14.9. The number of amides is 2. The van der Waals surface area contributed by atoms with Crippen LogP contribution in [0.25, 0.3) is 5.57 Å². The van der Waals surface area contributed by atoms with Gasteiger partial charge in [-0.15, -0.1) is 11.3 Å². The molecule has 0 radical (unpaired) electrons. The highest BCUT2D eigenvalue weighted by Crippen LogP contribution is 2.33. The van der Waals surface area contributed by atoms with Crippen LogP contribution in [0, 0.1) is 6.92 Å². The van der Waals surface area contributed by atoms with Crippen molar-refractivity contribution in [3.8, 4) is 0 Å². The van der Waals surface area contributed by atoms with Gasteiger partial charge in [-0.05, 0) is 36.9 Å². The van der Waals surface area contributed by atoms with E-state index in [0.29, 0.717) is 17.8 Å². The van der Waals surface area contributed by atoms with Crippen LogP contribution >= 0.6 is 11.3 Å². The Balaban J connectivity index is 2.09. The van der Waals surface area contributed by atoms with Crippen molar-refractivity contribution in [2.24, 2.45) is 0 Å². The molecule has 2 aromatic rings. The molecule has 2 heterocycles. The van der Waals surface area contributed by atoms with Crippen LogP contribution in [0.3, 0.4) is 0 Å². The Bertz CT molecular complexity index is 763. The molecule has 4 nitrogen and oxygen atoms in total. The van der Waals surface area contributed by atoms with Crippen LogP contribution in [0.1, 0.15) is 17.4 Å². The molecule has 112 valence electrons. The average molecular weight is 312 g/mol. The molecular formula is C17H16N2O2S. The number of benzene rings is 1. The number of thiophene rings is 1. The third-order valence-electron chi connectivity index (χ3n) is 3.66. The van der Waals surface area contributed by atoms with Crippen molar-refractivity contribution in [2.75, 3.05) is 11.9 Å². The fraction of sp³-hybridized carbons (Fsp3) is 0.176. The molecule has 2 amide bonds. The Morgan fingerprint density at radius 1 is 1.09 bits per heavy atom. The number of carbonyl (C=O) groups is 2. The van der Waals surface area contributed by atoms with E-state index in [9.17, 15) is 9.59 Å². The van der Waals surface area contributed by atoms with Gasteiger partial charge in [0, 0.05) is 17.1 Å². The number of nitrogens with one attached hydrogen (secondary N) is 1. The van der Waals surface area contributed by atoms with Crippen LogP contribution in [-0.4, -0.2) is 23.3 Å². The van der Waals surface area contributed by atoms with Gasteiger partial charge in [-0.2, -0.15) is 0 Å². The summed E-state index contributed by atoms with van der Waals surface area (Å²) in [7, 11) is 0. The summed E-state index contributed by atoms with van der Waals surface area (Å²) in [6.45, 7) is 4.14. The Hall–Kier alpha value is -2.40. The van der Waals surface area contributed by atoms with Crippen molar-refractivity contribution in [2.45, 2.75) is 13.8 Å². The first-order valence-electron chi connectivity index (χ1n) is 7.10. The van der Waals surface area contributed by atoms with E-state index in [-0.39, 0.29) is 11.8 Å². The summed E-state index contributed by atoms with van der Waals surface area (Å²) >= 11 is 1.46. The number of rotatable bonds is 4. The van der Waals surface area contributed by atoms with Crippen molar-refractivity contribution < 1.29 is 9.59 Å². The third-order valence-corrected chi connectivity index (χ3v) is 4.54. The molecule has 0 saturated heterocycles. The Morgan fingerprint density at radius 2 is 1.86 bits per heavy atom. The molecule has 22 heavy (non-hydrogen) atoms. The number of likely N-dealkylation sites (N-methyl/N-ethyl adjacent to an activating group) is 1. The highest BCUT2D eigenvalue weighted by Gasteiger charge is 2.38. The largest absolute Gasteiger partial charge is 0.350 e. The standard InChI is InChI=1S/C17H16N2O2S/c1-3-19-16(20)14(13-9-6-10-22-13)15(17(19)21)18-12-8-5-4-7-11(12)2/h4-10,18H,3H2,1-2H3. The van der Waals surface area contributed by atoms with Gasteiger partial charge >= 0.3 is 0 Å². The Morgan fingerprint density at radius 3 is 2.50 bits per heavy atom. The van der Waals surface area contributed by atoms with Crippen LogP contribution in [0.15, 0.2) is 47.5 Å². The van der Waals surface area contributed by atoms with E-state index in [1.54, 1.807) is 6.92 Å². The number of aryl methyl sites for hydroxylation is 1. The molecule has 0 bridgehead atoms. The number of carbonyl (C=O) groups excluding carboxylic acids is 2. The molecule has 1 aliphatic rings. The molecule has 1 aromatic heterocycles. The van der Waals surface area contributed by atoms with E-state index in [0.717, 1.165) is 16.1 Å². The summed E-state index contributed by atoms with van der Waals surface area (Å²) in [5, 5.41) is 5.07. The van der Waals surface area contributed by atoms with Gasteiger partial charge in [0.25, 0.3) is 11.8 Å². The molecule has 0 spiro atoms. The van der Waals surface area contributed by atoms with Gasteiger partial charge < -0.3 is 5.32 Å². The van der Waals surface area contributed by atoms with Gasteiger partial charge in [0.1, 0.15) is 5.70 Å². The van der Waals surface area contributed by atoms with E-state index in [4.69, 9.17) is 0 Å². The van der Waals surface area contributed by atoms with E-state index in [1.165, 1.54) is 16.2 Å². The molecule has 1 aromatic carbocycles. The number of hydrogen-bond donors (Lipinski definition) is 1.